The highest BCUT2D eigenvalue weighted by Crippen LogP contribution is 2.63. The Hall–Kier alpha value is 0.200. The van der Waals surface area contributed by atoms with Gasteiger partial charge in [-0.1, -0.05) is 0 Å². The van der Waals surface area contributed by atoms with Gasteiger partial charge in [-0.15, -0.1) is 23.2 Å². The van der Waals surface area contributed by atoms with Gasteiger partial charge in [0.2, 0.25) is 5.91 Å². The fraction of sp³-hybridized carbons (Fsp3) is 0.875. The van der Waals surface area contributed by atoms with E-state index in [0.717, 1.165) is 0 Å². The van der Waals surface area contributed by atoms with Crippen molar-refractivity contribution in [1.29, 1.82) is 0 Å². The van der Waals surface area contributed by atoms with Crippen LogP contribution >= 0.6 is 23.2 Å². The number of nitrogens with one attached hydrogen (secondary N) is 1. The van der Waals surface area contributed by atoms with E-state index in [-0.39, 0.29) is 5.91 Å². The van der Waals surface area contributed by atoms with Crippen molar-refractivity contribution in [2.24, 2.45) is 5.41 Å². The van der Waals surface area contributed by atoms with Crippen molar-refractivity contribution < 1.29 is 9.00 Å². The summed E-state index contributed by atoms with van der Waals surface area (Å²) in [6, 6.07) is 0. The lowest BCUT2D eigenvalue weighted by Crippen LogP contribution is -2.35. The third-order valence-electron chi connectivity index (χ3n) is 2.43. The zero-order chi connectivity index (χ0) is 11.0. The van der Waals surface area contributed by atoms with Gasteiger partial charge in [0.05, 0.1) is 5.41 Å². The number of carbonyl (C=O) groups is 1. The average molecular weight is 258 g/mol. The van der Waals surface area contributed by atoms with Crippen molar-refractivity contribution in [3.8, 4) is 0 Å². The Balaban J connectivity index is 2.34. The van der Waals surface area contributed by atoms with Crippen molar-refractivity contribution in [2.75, 3.05) is 18.6 Å². The van der Waals surface area contributed by atoms with Crippen LogP contribution in [0.3, 0.4) is 0 Å². The molecule has 14 heavy (non-hydrogen) atoms. The van der Waals surface area contributed by atoms with Crippen LogP contribution in [-0.2, 0) is 15.6 Å². The Morgan fingerprint density at radius 2 is 2.07 bits per heavy atom. The fourth-order valence-corrected chi connectivity index (χ4v) is 2.25. The first-order valence-electron chi connectivity index (χ1n) is 4.26. The SMILES string of the molecule is CS(=O)CCNC(=O)C1(C)CC1(Cl)Cl. The maximum atomic E-state index is 11.5. The molecule has 1 aliphatic carbocycles. The number of hydrogen-bond donors (Lipinski definition) is 1. The first-order valence-corrected chi connectivity index (χ1v) is 6.74. The van der Waals surface area contributed by atoms with Gasteiger partial charge in [-0.3, -0.25) is 9.00 Å². The van der Waals surface area contributed by atoms with E-state index in [9.17, 15) is 9.00 Å². The topological polar surface area (TPSA) is 46.2 Å². The van der Waals surface area contributed by atoms with Gasteiger partial charge in [-0.2, -0.15) is 0 Å². The number of alkyl halides is 2. The van der Waals surface area contributed by atoms with Gasteiger partial charge in [0.25, 0.3) is 0 Å². The van der Waals surface area contributed by atoms with E-state index in [1.165, 1.54) is 0 Å². The minimum absolute atomic E-state index is 0.159. The van der Waals surface area contributed by atoms with Crippen LogP contribution in [0.4, 0.5) is 0 Å². The number of amides is 1. The molecule has 2 atom stereocenters. The van der Waals surface area contributed by atoms with Crippen LogP contribution in [0.25, 0.3) is 0 Å². The zero-order valence-electron chi connectivity index (χ0n) is 8.10. The van der Waals surface area contributed by atoms with Crippen molar-refractivity contribution in [3.05, 3.63) is 0 Å². The van der Waals surface area contributed by atoms with Crippen LogP contribution in [-0.4, -0.2) is 33.0 Å². The van der Waals surface area contributed by atoms with Crippen molar-refractivity contribution in [3.63, 3.8) is 0 Å². The zero-order valence-corrected chi connectivity index (χ0v) is 10.4. The van der Waals surface area contributed by atoms with Gasteiger partial charge in [0, 0.05) is 29.4 Å². The van der Waals surface area contributed by atoms with Crippen molar-refractivity contribution in [1.82, 2.24) is 5.32 Å². The molecule has 1 fully saturated rings. The number of rotatable bonds is 4. The van der Waals surface area contributed by atoms with Crippen LogP contribution < -0.4 is 5.32 Å². The number of halogens is 2. The molecule has 2 unspecified atom stereocenters. The molecule has 1 amide bonds. The van der Waals surface area contributed by atoms with E-state index >= 15 is 0 Å². The molecule has 0 spiro atoms. The Morgan fingerprint density at radius 3 is 2.43 bits per heavy atom. The highest BCUT2D eigenvalue weighted by molar-refractivity contribution is 7.84. The minimum atomic E-state index is -0.928. The summed E-state index contributed by atoms with van der Waals surface area (Å²) in [6.07, 6.45) is 2.07. The summed E-state index contributed by atoms with van der Waals surface area (Å²) in [4.78, 5) is 11.5. The lowest BCUT2D eigenvalue weighted by atomic mass is 10.1. The third-order valence-corrected chi connectivity index (χ3v) is 4.31. The van der Waals surface area contributed by atoms with Gasteiger partial charge >= 0.3 is 0 Å². The van der Waals surface area contributed by atoms with Crippen LogP contribution in [0, 0.1) is 5.41 Å². The summed E-state index contributed by atoms with van der Waals surface area (Å²) in [7, 11) is -0.888. The lowest BCUT2D eigenvalue weighted by molar-refractivity contribution is -0.125. The lowest BCUT2D eigenvalue weighted by Gasteiger charge is -2.11. The quantitative estimate of drug-likeness (QED) is 0.766. The number of carbonyl (C=O) groups excluding carboxylic acids is 1. The number of hydrogen-bond acceptors (Lipinski definition) is 2. The summed E-state index contributed by atoms with van der Waals surface area (Å²) in [5.74, 6) is 0.298. The molecule has 1 aliphatic rings. The summed E-state index contributed by atoms with van der Waals surface area (Å²) in [5, 5.41) is 2.67. The largest absolute Gasteiger partial charge is 0.355 e. The highest BCUT2D eigenvalue weighted by atomic mass is 35.5. The molecule has 1 N–H and O–H groups in total. The van der Waals surface area contributed by atoms with Gasteiger partial charge in [0.1, 0.15) is 4.33 Å². The van der Waals surface area contributed by atoms with E-state index in [2.05, 4.69) is 5.32 Å². The van der Waals surface area contributed by atoms with Crippen LogP contribution in [0.1, 0.15) is 13.3 Å². The monoisotopic (exact) mass is 257 g/mol. The summed E-state index contributed by atoms with van der Waals surface area (Å²) in [5.41, 5.74) is -0.675. The molecule has 0 aromatic carbocycles. The van der Waals surface area contributed by atoms with Crippen LogP contribution in [0.5, 0.6) is 0 Å². The van der Waals surface area contributed by atoms with E-state index in [4.69, 9.17) is 23.2 Å². The Morgan fingerprint density at radius 1 is 1.57 bits per heavy atom. The fourth-order valence-electron chi connectivity index (χ4n) is 1.15. The van der Waals surface area contributed by atoms with Crippen molar-refractivity contribution >= 4 is 39.9 Å². The second kappa shape index (κ2) is 3.99. The Kier molecular flexibility index (Phi) is 3.49. The highest BCUT2D eigenvalue weighted by Gasteiger charge is 2.67. The van der Waals surface area contributed by atoms with E-state index in [1.54, 1.807) is 13.2 Å². The molecule has 82 valence electrons. The van der Waals surface area contributed by atoms with Gasteiger partial charge in [0.15, 0.2) is 0 Å². The second-order valence-corrected chi connectivity index (χ2v) is 6.79. The first-order chi connectivity index (χ1) is 6.29. The average Bonchev–Trinajstić information content (AvgIpc) is 2.51. The van der Waals surface area contributed by atoms with Gasteiger partial charge in [-0.25, -0.2) is 0 Å². The molecule has 0 aliphatic heterocycles. The molecule has 0 radical (unpaired) electrons. The maximum Gasteiger partial charge on any atom is 0.229 e. The molecule has 0 heterocycles. The standard InChI is InChI=1S/C8H13Cl2NO2S/c1-7(5-8(7,9)10)6(12)11-3-4-14(2)13/h3-5H2,1-2H3,(H,11,12). The molecule has 1 rings (SSSR count). The normalized spacial score (nSPS) is 30.9. The Bertz CT molecular complexity index is 283. The van der Waals surface area contributed by atoms with Crippen molar-refractivity contribution in [2.45, 2.75) is 17.7 Å². The molecule has 1 saturated carbocycles. The van der Waals surface area contributed by atoms with E-state index in [0.29, 0.717) is 18.7 Å². The Labute approximate surface area is 96.0 Å². The van der Waals surface area contributed by atoms with E-state index < -0.39 is 20.5 Å². The predicted molar refractivity (Wildman–Crippen MR) is 59.1 cm³/mol. The molecule has 3 nitrogen and oxygen atoms in total. The molecule has 0 saturated heterocycles. The van der Waals surface area contributed by atoms with Crippen LogP contribution in [0.15, 0.2) is 0 Å². The molecule has 0 bridgehead atoms. The maximum absolute atomic E-state index is 11.5. The minimum Gasteiger partial charge on any atom is -0.355 e. The molecule has 6 heteroatoms. The van der Waals surface area contributed by atoms with Gasteiger partial charge in [-0.05, 0) is 13.3 Å². The van der Waals surface area contributed by atoms with E-state index in [1.807, 2.05) is 0 Å². The molecule has 0 aromatic heterocycles. The predicted octanol–water partition coefficient (Wildman–Crippen LogP) is 1.06. The summed E-state index contributed by atoms with van der Waals surface area (Å²) in [6.45, 7) is 2.13. The molecular weight excluding hydrogens is 245 g/mol. The third kappa shape index (κ3) is 2.41. The van der Waals surface area contributed by atoms with Gasteiger partial charge < -0.3 is 5.32 Å². The molecule has 0 aromatic rings. The summed E-state index contributed by atoms with van der Waals surface area (Å²) < 4.78 is 9.80. The first kappa shape index (κ1) is 12.3. The van der Waals surface area contributed by atoms with Crippen LogP contribution in [0.2, 0.25) is 0 Å². The summed E-state index contributed by atoms with van der Waals surface area (Å²) >= 11 is 11.7. The second-order valence-electron chi connectivity index (χ2n) is 3.75. The molecular formula is C8H13Cl2NO2S. The smallest absolute Gasteiger partial charge is 0.229 e.